The Morgan fingerprint density at radius 3 is 3.00 bits per heavy atom. The van der Waals surface area contributed by atoms with Gasteiger partial charge in [0.1, 0.15) is 0 Å². The summed E-state index contributed by atoms with van der Waals surface area (Å²) in [5, 5.41) is 5.10. The molecular weight excluding hydrogens is 252 g/mol. The van der Waals surface area contributed by atoms with Gasteiger partial charge in [-0.3, -0.25) is 4.98 Å². The van der Waals surface area contributed by atoms with Crippen LogP contribution in [-0.2, 0) is 6.42 Å². The Kier molecular flexibility index (Phi) is 3.69. The Hall–Kier alpha value is -2.27. The molecule has 0 spiro atoms. The van der Waals surface area contributed by atoms with E-state index >= 15 is 0 Å². The first-order valence-electron chi connectivity index (χ1n) is 6.74. The number of pyridine rings is 1. The fourth-order valence-electron chi connectivity index (χ4n) is 2.11. The zero-order valence-corrected chi connectivity index (χ0v) is 11.1. The second-order valence-corrected chi connectivity index (χ2v) is 4.67. The number of aromatic nitrogens is 3. The van der Waals surface area contributed by atoms with Crippen molar-refractivity contribution in [1.29, 1.82) is 0 Å². The molecule has 0 unspecified atom stereocenters. The maximum atomic E-state index is 5.47. The average Bonchev–Trinajstić information content (AvgIpc) is 2.96. The molecule has 0 aliphatic heterocycles. The molecule has 5 nitrogen and oxygen atoms in total. The van der Waals surface area contributed by atoms with E-state index in [9.17, 15) is 0 Å². The number of fused-ring (bicyclic) bond motifs is 1. The Balaban J connectivity index is 1.83. The minimum atomic E-state index is 0.624. The van der Waals surface area contributed by atoms with Crippen molar-refractivity contribution in [1.82, 2.24) is 15.1 Å². The van der Waals surface area contributed by atoms with E-state index in [1.807, 2.05) is 30.3 Å². The first kappa shape index (κ1) is 12.7. The van der Waals surface area contributed by atoms with Crippen LogP contribution in [0.3, 0.4) is 0 Å². The third-order valence-corrected chi connectivity index (χ3v) is 3.17. The van der Waals surface area contributed by atoms with Gasteiger partial charge in [0.2, 0.25) is 11.7 Å². The Morgan fingerprint density at radius 1 is 1.15 bits per heavy atom. The van der Waals surface area contributed by atoms with Gasteiger partial charge < -0.3 is 10.3 Å². The molecule has 2 N–H and O–H groups in total. The highest BCUT2D eigenvalue weighted by Gasteiger charge is 2.09. The quantitative estimate of drug-likeness (QED) is 0.719. The molecule has 102 valence electrons. The van der Waals surface area contributed by atoms with Crippen molar-refractivity contribution in [3.05, 3.63) is 42.4 Å². The SMILES string of the molecule is NCCCCc1nc(-c2ccc3ncccc3c2)no1. The minimum Gasteiger partial charge on any atom is -0.339 e. The molecule has 20 heavy (non-hydrogen) atoms. The summed E-state index contributed by atoms with van der Waals surface area (Å²) in [6.45, 7) is 0.693. The number of aryl methyl sites for hydroxylation is 1. The van der Waals surface area contributed by atoms with E-state index < -0.39 is 0 Å². The maximum absolute atomic E-state index is 5.47. The molecule has 2 aromatic heterocycles. The molecule has 1 aromatic carbocycles. The number of nitrogens with zero attached hydrogens (tertiary/aromatic N) is 3. The molecule has 0 aliphatic rings. The predicted molar refractivity (Wildman–Crippen MR) is 77.0 cm³/mol. The van der Waals surface area contributed by atoms with Crippen molar-refractivity contribution in [3.63, 3.8) is 0 Å². The molecule has 0 fully saturated rings. The van der Waals surface area contributed by atoms with Crippen LogP contribution in [0.5, 0.6) is 0 Å². The molecule has 0 aliphatic carbocycles. The van der Waals surface area contributed by atoms with Gasteiger partial charge in [-0.15, -0.1) is 0 Å². The number of benzene rings is 1. The number of rotatable bonds is 5. The van der Waals surface area contributed by atoms with Gasteiger partial charge in [0.05, 0.1) is 5.52 Å². The van der Waals surface area contributed by atoms with Gasteiger partial charge in [-0.1, -0.05) is 11.2 Å². The number of unbranched alkanes of at least 4 members (excludes halogenated alkanes) is 1. The van der Waals surface area contributed by atoms with Gasteiger partial charge in [-0.25, -0.2) is 0 Å². The molecule has 3 aromatic rings. The summed E-state index contributed by atoms with van der Waals surface area (Å²) in [5.74, 6) is 1.29. The number of hydrogen-bond acceptors (Lipinski definition) is 5. The first-order valence-corrected chi connectivity index (χ1v) is 6.74. The van der Waals surface area contributed by atoms with Crippen LogP contribution in [0.15, 0.2) is 41.1 Å². The molecule has 0 atom stereocenters. The minimum absolute atomic E-state index is 0.624. The predicted octanol–water partition coefficient (Wildman–Crippen LogP) is 2.57. The first-order chi connectivity index (χ1) is 9.86. The largest absolute Gasteiger partial charge is 0.339 e. The summed E-state index contributed by atoms with van der Waals surface area (Å²) in [7, 11) is 0. The Morgan fingerprint density at radius 2 is 2.10 bits per heavy atom. The lowest BCUT2D eigenvalue weighted by Crippen LogP contribution is -1.99. The summed E-state index contributed by atoms with van der Waals surface area (Å²) >= 11 is 0. The van der Waals surface area contributed by atoms with Crippen molar-refractivity contribution in [2.24, 2.45) is 5.73 Å². The van der Waals surface area contributed by atoms with Gasteiger partial charge in [0.25, 0.3) is 0 Å². The normalized spacial score (nSPS) is 11.1. The topological polar surface area (TPSA) is 77.8 Å². The van der Waals surface area contributed by atoms with E-state index in [2.05, 4.69) is 15.1 Å². The molecule has 0 saturated heterocycles. The van der Waals surface area contributed by atoms with E-state index in [1.54, 1.807) is 6.20 Å². The van der Waals surface area contributed by atoms with E-state index in [1.165, 1.54) is 0 Å². The summed E-state index contributed by atoms with van der Waals surface area (Å²) in [4.78, 5) is 8.72. The van der Waals surface area contributed by atoms with Gasteiger partial charge in [0, 0.05) is 23.6 Å². The smallest absolute Gasteiger partial charge is 0.226 e. The Bertz CT molecular complexity index is 708. The van der Waals surface area contributed by atoms with Crippen LogP contribution in [0, 0.1) is 0 Å². The summed E-state index contributed by atoms with van der Waals surface area (Å²) in [6, 6.07) is 9.89. The molecule has 3 rings (SSSR count). The second-order valence-electron chi connectivity index (χ2n) is 4.67. The van der Waals surface area contributed by atoms with Crippen LogP contribution in [-0.4, -0.2) is 21.7 Å². The monoisotopic (exact) mass is 268 g/mol. The van der Waals surface area contributed by atoms with E-state index in [-0.39, 0.29) is 0 Å². The molecule has 0 amide bonds. The third kappa shape index (κ3) is 2.67. The maximum Gasteiger partial charge on any atom is 0.226 e. The van der Waals surface area contributed by atoms with E-state index in [4.69, 9.17) is 10.3 Å². The lowest BCUT2D eigenvalue weighted by atomic mass is 10.1. The van der Waals surface area contributed by atoms with Crippen molar-refractivity contribution in [2.75, 3.05) is 6.54 Å². The summed E-state index contributed by atoms with van der Waals surface area (Å²) in [6.07, 6.45) is 4.50. The van der Waals surface area contributed by atoms with Crippen LogP contribution >= 0.6 is 0 Å². The van der Waals surface area contributed by atoms with E-state index in [0.29, 0.717) is 18.3 Å². The fraction of sp³-hybridized carbons (Fsp3) is 0.267. The Labute approximate surface area is 116 Å². The summed E-state index contributed by atoms with van der Waals surface area (Å²) < 4.78 is 5.26. The number of nitrogens with two attached hydrogens (primary N) is 1. The highest BCUT2D eigenvalue weighted by molar-refractivity contribution is 5.82. The van der Waals surface area contributed by atoms with Gasteiger partial charge in [0.15, 0.2) is 0 Å². The van der Waals surface area contributed by atoms with Crippen LogP contribution in [0.1, 0.15) is 18.7 Å². The molecule has 0 bridgehead atoms. The third-order valence-electron chi connectivity index (χ3n) is 3.17. The van der Waals surface area contributed by atoms with Crippen LogP contribution < -0.4 is 5.73 Å². The average molecular weight is 268 g/mol. The van der Waals surface area contributed by atoms with Gasteiger partial charge in [-0.05, 0) is 43.7 Å². The van der Waals surface area contributed by atoms with Crippen LogP contribution in [0.25, 0.3) is 22.3 Å². The zero-order valence-electron chi connectivity index (χ0n) is 11.1. The van der Waals surface area contributed by atoms with Gasteiger partial charge in [-0.2, -0.15) is 4.98 Å². The standard InChI is InChI=1S/C15H16N4O/c16-8-2-1-5-14-18-15(19-20-14)12-6-7-13-11(10-12)4-3-9-17-13/h3-4,6-7,9-10H,1-2,5,8,16H2. The van der Waals surface area contributed by atoms with Crippen molar-refractivity contribution < 1.29 is 4.52 Å². The fourth-order valence-corrected chi connectivity index (χ4v) is 2.11. The van der Waals surface area contributed by atoms with Crippen LogP contribution in [0.2, 0.25) is 0 Å². The lowest BCUT2D eigenvalue weighted by Gasteiger charge is -1.98. The van der Waals surface area contributed by atoms with E-state index in [0.717, 1.165) is 35.7 Å². The van der Waals surface area contributed by atoms with Crippen molar-refractivity contribution >= 4 is 10.9 Å². The molecule has 0 saturated carbocycles. The summed E-state index contributed by atoms with van der Waals surface area (Å²) in [5.41, 5.74) is 7.37. The molecular formula is C15H16N4O. The van der Waals surface area contributed by atoms with Crippen molar-refractivity contribution in [3.8, 4) is 11.4 Å². The highest BCUT2D eigenvalue weighted by atomic mass is 16.5. The molecule has 5 heteroatoms. The molecule has 0 radical (unpaired) electrons. The number of hydrogen-bond donors (Lipinski definition) is 1. The second kappa shape index (κ2) is 5.79. The zero-order chi connectivity index (χ0) is 13.8. The van der Waals surface area contributed by atoms with Gasteiger partial charge >= 0.3 is 0 Å². The van der Waals surface area contributed by atoms with Crippen LogP contribution in [0.4, 0.5) is 0 Å². The molecule has 2 heterocycles. The highest BCUT2D eigenvalue weighted by Crippen LogP contribution is 2.21. The van der Waals surface area contributed by atoms with Crippen molar-refractivity contribution in [2.45, 2.75) is 19.3 Å². The lowest BCUT2D eigenvalue weighted by molar-refractivity contribution is 0.375.